The predicted octanol–water partition coefficient (Wildman–Crippen LogP) is 5.19. The van der Waals surface area contributed by atoms with Crippen molar-refractivity contribution in [2.45, 2.75) is 58.3 Å². The van der Waals surface area contributed by atoms with Crippen molar-refractivity contribution in [1.29, 1.82) is 0 Å². The molecule has 1 aromatic carbocycles. The van der Waals surface area contributed by atoms with Crippen LogP contribution in [0.1, 0.15) is 63.0 Å². The Kier molecular flexibility index (Phi) is 8.70. The first-order chi connectivity index (χ1) is 9.36. The monoisotopic (exact) mass is 258 g/mol. The van der Waals surface area contributed by atoms with Crippen molar-refractivity contribution in [2.75, 3.05) is 0 Å². The first-order valence-corrected chi connectivity index (χ1v) is 7.57. The van der Waals surface area contributed by atoms with Crippen molar-refractivity contribution >= 4 is 12.4 Å². The molecule has 0 N–H and O–H groups in total. The number of hydrogen-bond donors (Lipinski definition) is 0. The van der Waals surface area contributed by atoms with Gasteiger partial charge in [-0.05, 0) is 30.0 Å². The van der Waals surface area contributed by atoms with Gasteiger partial charge in [-0.1, -0.05) is 75.8 Å². The molecule has 0 radical (unpaired) electrons. The predicted molar refractivity (Wildman–Crippen MR) is 83.2 cm³/mol. The number of aldehydes is 1. The van der Waals surface area contributed by atoms with Gasteiger partial charge in [0.2, 0.25) is 0 Å². The zero-order valence-electron chi connectivity index (χ0n) is 12.1. The van der Waals surface area contributed by atoms with E-state index in [1.54, 1.807) is 0 Å². The Morgan fingerprint density at radius 1 is 0.895 bits per heavy atom. The molecule has 0 aromatic heterocycles. The highest BCUT2D eigenvalue weighted by Crippen LogP contribution is 2.12. The lowest BCUT2D eigenvalue weighted by Crippen LogP contribution is -1.86. The first-order valence-electron chi connectivity index (χ1n) is 7.57. The van der Waals surface area contributed by atoms with Crippen LogP contribution >= 0.6 is 0 Å². The Hall–Kier alpha value is -1.37. The highest BCUT2D eigenvalue weighted by Gasteiger charge is 1.94. The lowest BCUT2D eigenvalue weighted by atomic mass is 10.0. The van der Waals surface area contributed by atoms with E-state index < -0.39 is 0 Å². The fourth-order valence-electron chi connectivity index (χ4n) is 2.23. The average molecular weight is 258 g/mol. The van der Waals surface area contributed by atoms with Crippen molar-refractivity contribution < 1.29 is 4.79 Å². The summed E-state index contributed by atoms with van der Waals surface area (Å²) >= 11 is 0. The van der Waals surface area contributed by atoms with Crippen LogP contribution in [0.15, 0.2) is 30.3 Å². The molecule has 0 unspecified atom stereocenters. The van der Waals surface area contributed by atoms with Crippen LogP contribution in [0.5, 0.6) is 0 Å². The molecule has 0 amide bonds. The second-order valence-corrected chi connectivity index (χ2v) is 5.11. The lowest BCUT2D eigenvalue weighted by molar-refractivity contribution is -0.104. The zero-order chi connectivity index (χ0) is 13.8. The van der Waals surface area contributed by atoms with E-state index in [0.29, 0.717) is 0 Å². The van der Waals surface area contributed by atoms with Crippen molar-refractivity contribution in [2.24, 2.45) is 0 Å². The average Bonchev–Trinajstić information content (AvgIpc) is 2.45. The summed E-state index contributed by atoms with van der Waals surface area (Å²) in [7, 11) is 0. The molecule has 0 bridgehead atoms. The zero-order valence-corrected chi connectivity index (χ0v) is 12.1. The number of rotatable bonds is 10. The summed E-state index contributed by atoms with van der Waals surface area (Å²) in [4.78, 5) is 10.2. The van der Waals surface area contributed by atoms with Crippen LogP contribution in [0.25, 0.3) is 6.08 Å². The van der Waals surface area contributed by atoms with Gasteiger partial charge in [0.25, 0.3) is 0 Å². The minimum atomic E-state index is 0.812. The summed E-state index contributed by atoms with van der Waals surface area (Å²) in [5.41, 5.74) is 2.49. The van der Waals surface area contributed by atoms with Crippen LogP contribution in [-0.2, 0) is 11.2 Å². The number of unbranched alkanes of at least 4 members (excludes halogenated alkanes) is 6. The number of benzene rings is 1. The van der Waals surface area contributed by atoms with Gasteiger partial charge in [-0.25, -0.2) is 0 Å². The highest BCUT2D eigenvalue weighted by atomic mass is 16.1. The smallest absolute Gasteiger partial charge is 0.142 e. The molecule has 0 saturated carbocycles. The van der Waals surface area contributed by atoms with Gasteiger partial charge in [0, 0.05) is 0 Å². The molecule has 19 heavy (non-hydrogen) atoms. The maximum absolute atomic E-state index is 10.2. The van der Waals surface area contributed by atoms with Crippen LogP contribution in [0.4, 0.5) is 0 Å². The Morgan fingerprint density at radius 3 is 2.16 bits per heavy atom. The minimum Gasteiger partial charge on any atom is -0.299 e. The van der Waals surface area contributed by atoms with E-state index in [-0.39, 0.29) is 0 Å². The van der Waals surface area contributed by atoms with E-state index in [4.69, 9.17) is 0 Å². The molecule has 0 heterocycles. The van der Waals surface area contributed by atoms with Gasteiger partial charge in [0.05, 0.1) is 0 Å². The minimum absolute atomic E-state index is 0.812. The van der Waals surface area contributed by atoms with Gasteiger partial charge < -0.3 is 0 Å². The third kappa shape index (κ3) is 7.61. The Bertz CT molecular complexity index is 362. The number of carbonyl (C=O) groups is 1. The summed E-state index contributed by atoms with van der Waals surface area (Å²) in [6.45, 7) is 2.26. The Morgan fingerprint density at radius 2 is 1.53 bits per heavy atom. The number of aryl methyl sites for hydroxylation is 1. The highest BCUT2D eigenvalue weighted by molar-refractivity contribution is 5.73. The molecule has 0 spiro atoms. The summed E-state index contributed by atoms with van der Waals surface area (Å²) in [6.07, 6.45) is 14.9. The number of allylic oxidation sites excluding steroid dienone is 1. The first kappa shape index (κ1) is 15.7. The van der Waals surface area contributed by atoms with Crippen molar-refractivity contribution in [3.63, 3.8) is 0 Å². The van der Waals surface area contributed by atoms with Crippen LogP contribution in [0.2, 0.25) is 0 Å². The van der Waals surface area contributed by atoms with Crippen LogP contribution < -0.4 is 0 Å². The lowest BCUT2D eigenvalue weighted by Gasteiger charge is -2.03. The molecule has 1 aromatic rings. The SMILES string of the molecule is CCCCCCCCCc1ccc(/C=C/C=O)cc1. The topological polar surface area (TPSA) is 17.1 Å². The summed E-state index contributed by atoms with van der Waals surface area (Å²) in [5.74, 6) is 0. The summed E-state index contributed by atoms with van der Waals surface area (Å²) in [5, 5.41) is 0. The molecule has 0 fully saturated rings. The van der Waals surface area contributed by atoms with Crippen molar-refractivity contribution in [3.8, 4) is 0 Å². The summed E-state index contributed by atoms with van der Waals surface area (Å²) < 4.78 is 0. The van der Waals surface area contributed by atoms with Crippen LogP contribution in [0, 0.1) is 0 Å². The van der Waals surface area contributed by atoms with Gasteiger partial charge in [-0.15, -0.1) is 0 Å². The molecule has 0 saturated heterocycles. The molecule has 0 aliphatic heterocycles. The third-order valence-electron chi connectivity index (χ3n) is 3.42. The van der Waals surface area contributed by atoms with Gasteiger partial charge >= 0.3 is 0 Å². The van der Waals surface area contributed by atoms with E-state index in [2.05, 4.69) is 31.2 Å². The molecule has 0 aliphatic rings. The van der Waals surface area contributed by atoms with Gasteiger partial charge in [0.1, 0.15) is 6.29 Å². The molecule has 0 atom stereocenters. The second kappa shape index (κ2) is 10.5. The third-order valence-corrected chi connectivity index (χ3v) is 3.42. The van der Waals surface area contributed by atoms with Crippen LogP contribution in [-0.4, -0.2) is 6.29 Å². The quantitative estimate of drug-likeness (QED) is 0.320. The molecule has 1 heteroatoms. The normalized spacial score (nSPS) is 11.0. The Balaban J connectivity index is 2.15. The maximum Gasteiger partial charge on any atom is 0.142 e. The van der Waals surface area contributed by atoms with E-state index in [9.17, 15) is 4.79 Å². The second-order valence-electron chi connectivity index (χ2n) is 5.11. The number of hydrogen-bond acceptors (Lipinski definition) is 1. The molecular weight excluding hydrogens is 232 g/mol. The van der Waals surface area contributed by atoms with Gasteiger partial charge in [-0.2, -0.15) is 0 Å². The fraction of sp³-hybridized carbons (Fsp3) is 0.500. The van der Waals surface area contributed by atoms with Gasteiger partial charge in [0.15, 0.2) is 0 Å². The molecule has 1 rings (SSSR count). The maximum atomic E-state index is 10.2. The van der Waals surface area contributed by atoms with E-state index in [0.717, 1.165) is 11.8 Å². The molecule has 104 valence electrons. The van der Waals surface area contributed by atoms with E-state index >= 15 is 0 Å². The standard InChI is InChI=1S/C18H26O/c1-2-3-4-5-6-7-8-10-17-12-14-18(15-13-17)11-9-16-19/h9,11-16H,2-8,10H2,1H3/b11-9+. The van der Waals surface area contributed by atoms with E-state index in [1.165, 1.54) is 63.0 Å². The molecular formula is C18H26O. The molecule has 0 aliphatic carbocycles. The largest absolute Gasteiger partial charge is 0.299 e. The number of carbonyl (C=O) groups excluding carboxylic acids is 1. The Labute approximate surface area is 117 Å². The van der Waals surface area contributed by atoms with Crippen LogP contribution in [0.3, 0.4) is 0 Å². The van der Waals surface area contributed by atoms with Crippen molar-refractivity contribution in [3.05, 3.63) is 41.5 Å². The summed E-state index contributed by atoms with van der Waals surface area (Å²) in [6, 6.07) is 8.50. The fourth-order valence-corrected chi connectivity index (χ4v) is 2.23. The molecule has 1 nitrogen and oxygen atoms in total. The van der Waals surface area contributed by atoms with Crippen molar-refractivity contribution in [1.82, 2.24) is 0 Å². The van der Waals surface area contributed by atoms with Gasteiger partial charge in [-0.3, -0.25) is 4.79 Å². The van der Waals surface area contributed by atoms with E-state index in [1.807, 2.05) is 6.08 Å².